The van der Waals surface area contributed by atoms with Crippen molar-refractivity contribution in [3.8, 4) is 0 Å². The molecule has 7 heteroatoms. The highest BCUT2D eigenvalue weighted by atomic mass is 127. The predicted molar refractivity (Wildman–Crippen MR) is 65.9 cm³/mol. The number of carbonyl (C=O) groups is 1. The molecule has 0 aliphatic rings. The molecule has 1 aromatic rings. The van der Waals surface area contributed by atoms with Crippen LogP contribution in [0.15, 0.2) is 6.20 Å². The van der Waals surface area contributed by atoms with Crippen molar-refractivity contribution in [2.75, 3.05) is 0 Å². The highest BCUT2D eigenvalue weighted by Crippen LogP contribution is 2.30. The van der Waals surface area contributed by atoms with Gasteiger partial charge in [0.1, 0.15) is 0 Å². The lowest BCUT2D eigenvalue weighted by molar-refractivity contribution is -0.136. The van der Waals surface area contributed by atoms with Crippen molar-refractivity contribution in [1.29, 1.82) is 0 Å². The van der Waals surface area contributed by atoms with Crippen LogP contribution in [0.4, 0.5) is 8.78 Å². The maximum atomic E-state index is 12.8. The lowest BCUT2D eigenvalue weighted by Crippen LogP contribution is -2.08. The first-order valence-corrected chi connectivity index (χ1v) is 6.39. The van der Waals surface area contributed by atoms with E-state index in [0.29, 0.717) is 14.6 Å². The minimum atomic E-state index is -2.69. The van der Waals surface area contributed by atoms with Gasteiger partial charge in [-0.15, -0.1) is 0 Å². The van der Waals surface area contributed by atoms with E-state index in [4.69, 9.17) is 5.11 Å². The molecule has 1 rings (SSSR count). The summed E-state index contributed by atoms with van der Waals surface area (Å²) >= 11 is 4.90. The Labute approximate surface area is 113 Å². The lowest BCUT2D eigenvalue weighted by Gasteiger charge is -2.11. The number of aliphatic carboxylic acids is 1. The number of nitrogens with zero attached hydrogens (tertiary/aromatic N) is 1. The predicted octanol–water partition coefficient (Wildman–Crippen LogP) is 3.15. The van der Waals surface area contributed by atoms with E-state index in [1.807, 2.05) is 0 Å². The number of hydrogen-bond acceptors (Lipinski definition) is 2. The van der Waals surface area contributed by atoms with E-state index in [2.05, 4.69) is 20.9 Å². The van der Waals surface area contributed by atoms with Crippen LogP contribution < -0.4 is 0 Å². The summed E-state index contributed by atoms with van der Waals surface area (Å²) < 4.78 is 26.0. The van der Waals surface area contributed by atoms with Crippen LogP contribution in [0.1, 0.15) is 23.2 Å². The van der Waals surface area contributed by atoms with Gasteiger partial charge in [0.2, 0.25) is 0 Å². The maximum Gasteiger partial charge on any atom is 0.307 e. The molecule has 0 unspecified atom stereocenters. The van der Waals surface area contributed by atoms with Crippen molar-refractivity contribution in [1.82, 2.24) is 4.98 Å². The first-order valence-electron chi connectivity index (χ1n) is 4.19. The molecular weight excluding hydrogens is 399 g/mol. The van der Waals surface area contributed by atoms with Gasteiger partial charge in [0.25, 0.3) is 6.43 Å². The zero-order chi connectivity index (χ0) is 12.3. The summed E-state index contributed by atoms with van der Waals surface area (Å²) in [4.78, 5) is 14.5. The fourth-order valence-electron chi connectivity index (χ4n) is 1.21. The maximum absolute atomic E-state index is 12.8. The molecule has 1 N–H and O–H groups in total. The third kappa shape index (κ3) is 3.09. The first kappa shape index (κ1) is 13.8. The quantitative estimate of drug-likeness (QED) is 0.618. The topological polar surface area (TPSA) is 50.2 Å². The molecule has 0 amide bonds. The summed E-state index contributed by atoms with van der Waals surface area (Å²) in [6.45, 7) is 0. The molecule has 0 saturated heterocycles. The Hall–Kier alpha value is -0.310. The summed E-state index contributed by atoms with van der Waals surface area (Å²) in [5.41, 5.74) is 0.328. The van der Waals surface area contributed by atoms with Crippen LogP contribution in [0.3, 0.4) is 0 Å². The summed E-state index contributed by atoms with van der Waals surface area (Å²) in [6, 6.07) is 0. The van der Waals surface area contributed by atoms with Crippen LogP contribution in [0.25, 0.3) is 0 Å². The van der Waals surface area contributed by atoms with E-state index < -0.39 is 18.8 Å². The number of pyridine rings is 1. The fourth-order valence-corrected chi connectivity index (χ4v) is 3.07. The molecule has 0 spiro atoms. The number of rotatable bonds is 4. The summed E-state index contributed by atoms with van der Waals surface area (Å²) in [6.07, 6.45) is -1.93. The molecule has 0 saturated carbocycles. The summed E-state index contributed by atoms with van der Waals surface area (Å²) in [5.74, 6) is -1.15. The monoisotopic (exact) mass is 405 g/mol. The molecular formula is C9H7BrF2INO2. The van der Waals surface area contributed by atoms with E-state index in [0.717, 1.165) is 0 Å². The van der Waals surface area contributed by atoms with Crippen LogP contribution in [-0.4, -0.2) is 16.1 Å². The summed E-state index contributed by atoms with van der Waals surface area (Å²) in [7, 11) is 0. The largest absolute Gasteiger partial charge is 0.481 e. The van der Waals surface area contributed by atoms with Crippen molar-refractivity contribution >= 4 is 44.5 Å². The average Bonchev–Trinajstić information content (AvgIpc) is 2.16. The standard InChI is InChI=1S/C9H7BrF2INO2/c10-2-5-8(13)7(9(11)12)4(3-14-5)1-6(15)16/h3,9H,1-2H2,(H,15,16). The molecule has 0 aliphatic carbocycles. The van der Waals surface area contributed by atoms with Crippen molar-refractivity contribution < 1.29 is 18.7 Å². The van der Waals surface area contributed by atoms with Crippen molar-refractivity contribution in [3.63, 3.8) is 0 Å². The van der Waals surface area contributed by atoms with Gasteiger partial charge in [0, 0.05) is 20.7 Å². The average molecular weight is 406 g/mol. The van der Waals surface area contributed by atoms with Crippen molar-refractivity contribution in [2.45, 2.75) is 18.2 Å². The van der Waals surface area contributed by atoms with Crippen LogP contribution in [0.5, 0.6) is 0 Å². The smallest absolute Gasteiger partial charge is 0.307 e. The molecule has 1 heterocycles. The SMILES string of the molecule is O=C(O)Cc1cnc(CBr)c(I)c1C(F)F. The van der Waals surface area contributed by atoms with Crippen LogP contribution >= 0.6 is 38.5 Å². The molecule has 0 radical (unpaired) electrons. The zero-order valence-corrected chi connectivity index (χ0v) is 11.6. The molecule has 0 aromatic carbocycles. The van der Waals surface area contributed by atoms with Crippen LogP contribution in [0.2, 0.25) is 0 Å². The van der Waals surface area contributed by atoms with E-state index in [-0.39, 0.29) is 11.1 Å². The Morgan fingerprint density at radius 2 is 2.25 bits per heavy atom. The minimum Gasteiger partial charge on any atom is -0.481 e. The minimum absolute atomic E-state index is 0.0663. The van der Waals surface area contributed by atoms with Gasteiger partial charge in [-0.2, -0.15) is 0 Å². The first-order chi connectivity index (χ1) is 7.47. The molecule has 0 fully saturated rings. The van der Waals surface area contributed by atoms with Crippen LogP contribution in [-0.2, 0) is 16.5 Å². The van der Waals surface area contributed by atoms with Crippen molar-refractivity contribution in [2.24, 2.45) is 0 Å². The second kappa shape index (κ2) is 5.85. The number of hydrogen-bond donors (Lipinski definition) is 1. The van der Waals surface area contributed by atoms with E-state index in [1.54, 1.807) is 22.6 Å². The van der Waals surface area contributed by atoms with E-state index in [1.165, 1.54) is 6.20 Å². The third-order valence-corrected chi connectivity index (χ3v) is 3.63. The Bertz CT molecular complexity index is 415. The molecule has 0 atom stereocenters. The van der Waals surface area contributed by atoms with Gasteiger partial charge in [0.05, 0.1) is 12.1 Å². The molecule has 1 aromatic heterocycles. The molecule has 88 valence electrons. The highest BCUT2D eigenvalue weighted by molar-refractivity contribution is 14.1. The second-order valence-corrected chi connectivity index (χ2v) is 4.60. The fraction of sp³-hybridized carbons (Fsp3) is 0.333. The highest BCUT2D eigenvalue weighted by Gasteiger charge is 2.21. The summed E-state index contributed by atoms with van der Waals surface area (Å²) in [5, 5.41) is 8.97. The number of alkyl halides is 3. The Morgan fingerprint density at radius 3 is 2.69 bits per heavy atom. The lowest BCUT2D eigenvalue weighted by atomic mass is 10.1. The zero-order valence-electron chi connectivity index (χ0n) is 7.88. The molecule has 0 bridgehead atoms. The Morgan fingerprint density at radius 1 is 1.62 bits per heavy atom. The van der Waals surface area contributed by atoms with Gasteiger partial charge in [0.15, 0.2) is 0 Å². The van der Waals surface area contributed by atoms with Gasteiger partial charge in [-0.25, -0.2) is 8.78 Å². The van der Waals surface area contributed by atoms with Gasteiger partial charge < -0.3 is 5.11 Å². The van der Waals surface area contributed by atoms with Crippen molar-refractivity contribution in [3.05, 3.63) is 26.6 Å². The Balaban J connectivity index is 3.28. The van der Waals surface area contributed by atoms with Gasteiger partial charge >= 0.3 is 5.97 Å². The Kier molecular flexibility index (Phi) is 5.03. The molecule has 0 aliphatic heterocycles. The number of aromatic nitrogens is 1. The molecule has 16 heavy (non-hydrogen) atoms. The normalized spacial score (nSPS) is 10.8. The van der Waals surface area contributed by atoms with E-state index in [9.17, 15) is 13.6 Å². The third-order valence-electron chi connectivity index (χ3n) is 1.90. The van der Waals surface area contributed by atoms with Crippen LogP contribution in [0, 0.1) is 3.57 Å². The number of halogens is 4. The second-order valence-electron chi connectivity index (χ2n) is 2.96. The number of carboxylic acids is 1. The van der Waals surface area contributed by atoms with Gasteiger partial charge in [-0.1, -0.05) is 15.9 Å². The number of carboxylic acid groups (broad SMARTS) is 1. The van der Waals surface area contributed by atoms with E-state index >= 15 is 0 Å². The van der Waals surface area contributed by atoms with Gasteiger partial charge in [-0.05, 0) is 28.2 Å². The van der Waals surface area contributed by atoms with Gasteiger partial charge in [-0.3, -0.25) is 9.78 Å². The molecule has 3 nitrogen and oxygen atoms in total.